The maximum absolute atomic E-state index is 6.05. The van der Waals surface area contributed by atoms with Crippen molar-refractivity contribution in [1.82, 2.24) is 14.9 Å². The number of hydrogen-bond acceptors (Lipinski definition) is 5. The van der Waals surface area contributed by atoms with Gasteiger partial charge in [0.1, 0.15) is 10.3 Å². The van der Waals surface area contributed by atoms with E-state index in [9.17, 15) is 0 Å². The number of ether oxygens (including phenoxy) is 1. The van der Waals surface area contributed by atoms with Crippen LogP contribution in [0.25, 0.3) is 10.8 Å². The molecule has 2 aliphatic heterocycles. The van der Waals surface area contributed by atoms with E-state index in [2.05, 4.69) is 87.7 Å². The largest absolute Gasteiger partial charge is 0.462 e. The monoisotopic (exact) mass is 514 g/mol. The Morgan fingerprint density at radius 3 is 2.77 bits per heavy atom. The zero-order valence-corrected chi connectivity index (χ0v) is 19.7. The molecule has 0 spiro atoms. The predicted molar refractivity (Wildman–Crippen MR) is 129 cm³/mol. The Morgan fingerprint density at radius 2 is 1.97 bits per heavy atom. The van der Waals surface area contributed by atoms with Crippen LogP contribution in [0.4, 0.5) is 5.69 Å². The van der Waals surface area contributed by atoms with E-state index in [-0.39, 0.29) is 0 Å². The van der Waals surface area contributed by atoms with Gasteiger partial charge in [-0.3, -0.25) is 0 Å². The van der Waals surface area contributed by atoms with Crippen LogP contribution in [-0.4, -0.2) is 47.7 Å². The highest BCUT2D eigenvalue weighted by Crippen LogP contribution is 2.33. The van der Waals surface area contributed by atoms with Gasteiger partial charge < -0.3 is 14.5 Å². The van der Waals surface area contributed by atoms with Crippen molar-refractivity contribution in [2.45, 2.75) is 38.8 Å². The summed E-state index contributed by atoms with van der Waals surface area (Å²) in [4.78, 5) is 14.3. The Labute approximate surface area is 191 Å². The molecule has 0 amide bonds. The van der Waals surface area contributed by atoms with Gasteiger partial charge in [-0.2, -0.15) is 9.97 Å². The molecule has 3 heterocycles. The Hall–Kier alpha value is -1.93. The van der Waals surface area contributed by atoms with Crippen LogP contribution in [0.15, 0.2) is 36.4 Å². The van der Waals surface area contributed by atoms with Gasteiger partial charge in [-0.15, -0.1) is 0 Å². The van der Waals surface area contributed by atoms with E-state index in [4.69, 9.17) is 9.72 Å². The third-order valence-electron chi connectivity index (χ3n) is 6.50. The fourth-order valence-corrected chi connectivity index (χ4v) is 5.55. The first-order valence-electron chi connectivity index (χ1n) is 10.7. The summed E-state index contributed by atoms with van der Waals surface area (Å²) in [6.07, 6.45) is 3.39. The van der Waals surface area contributed by atoms with Crippen LogP contribution in [0.1, 0.15) is 29.7 Å². The van der Waals surface area contributed by atoms with Gasteiger partial charge in [0.2, 0.25) is 0 Å². The number of hydrogen-bond donors (Lipinski definition) is 0. The minimum absolute atomic E-state index is 0.470. The van der Waals surface area contributed by atoms with Crippen LogP contribution in [0.3, 0.4) is 0 Å². The zero-order valence-electron chi connectivity index (χ0n) is 17.6. The third kappa shape index (κ3) is 3.75. The molecule has 2 aliphatic rings. The van der Waals surface area contributed by atoms with Crippen molar-refractivity contribution in [2.24, 2.45) is 0 Å². The summed E-state index contributed by atoms with van der Waals surface area (Å²) in [7, 11) is 2.17. The second-order valence-electron chi connectivity index (χ2n) is 8.43. The number of halogens is 1. The summed E-state index contributed by atoms with van der Waals surface area (Å²) in [6.45, 7) is 5.78. The summed E-state index contributed by atoms with van der Waals surface area (Å²) in [5.74, 6) is 0. The van der Waals surface area contributed by atoms with Crippen molar-refractivity contribution in [3.8, 4) is 6.01 Å². The fourth-order valence-electron chi connectivity index (χ4n) is 4.76. The normalized spacial score (nSPS) is 19.3. The van der Waals surface area contributed by atoms with Crippen LogP contribution < -0.4 is 9.64 Å². The molecular weight excluding hydrogens is 487 g/mol. The minimum atomic E-state index is 0.470. The Kier molecular flexibility index (Phi) is 5.54. The van der Waals surface area contributed by atoms with Crippen molar-refractivity contribution in [2.75, 3.05) is 31.6 Å². The highest BCUT2D eigenvalue weighted by atomic mass is 127. The Morgan fingerprint density at radius 1 is 1.13 bits per heavy atom. The smallest absolute Gasteiger partial charge is 0.317 e. The van der Waals surface area contributed by atoms with Crippen molar-refractivity contribution >= 4 is 39.1 Å². The van der Waals surface area contributed by atoms with E-state index in [0.29, 0.717) is 18.7 Å². The highest BCUT2D eigenvalue weighted by molar-refractivity contribution is 14.1. The predicted octanol–water partition coefficient (Wildman–Crippen LogP) is 4.58. The molecule has 0 bridgehead atoms. The summed E-state index contributed by atoms with van der Waals surface area (Å²) in [5, 5.41) is 2.63. The average Bonchev–Trinajstić information content (AvgIpc) is 3.16. The first kappa shape index (κ1) is 20.0. The van der Waals surface area contributed by atoms with Gasteiger partial charge in [0.05, 0.1) is 12.2 Å². The lowest BCUT2D eigenvalue weighted by Gasteiger charge is -2.31. The molecule has 156 valence electrons. The Bertz CT molecular complexity index is 1080. The van der Waals surface area contributed by atoms with E-state index in [1.807, 2.05) is 0 Å². The van der Waals surface area contributed by atoms with E-state index in [1.54, 1.807) is 0 Å². The van der Waals surface area contributed by atoms with Gasteiger partial charge in [0.25, 0.3) is 0 Å². The van der Waals surface area contributed by atoms with E-state index in [1.165, 1.54) is 40.4 Å². The number of aryl methyl sites for hydroxylation is 1. The number of nitrogens with zero attached hydrogens (tertiary/aromatic N) is 4. The maximum atomic E-state index is 6.05. The fraction of sp³-hybridized carbons (Fsp3) is 0.417. The number of likely N-dealkylation sites (tertiary alicyclic amines) is 1. The van der Waals surface area contributed by atoms with Gasteiger partial charge >= 0.3 is 6.01 Å². The zero-order chi connectivity index (χ0) is 20.7. The van der Waals surface area contributed by atoms with Gasteiger partial charge in [-0.25, -0.2) is 0 Å². The van der Waals surface area contributed by atoms with E-state index >= 15 is 0 Å². The van der Waals surface area contributed by atoms with Crippen LogP contribution in [0.2, 0.25) is 0 Å². The molecule has 1 aromatic heterocycles. The molecule has 0 aliphatic carbocycles. The van der Waals surface area contributed by atoms with Crippen molar-refractivity contribution < 1.29 is 4.74 Å². The molecule has 0 radical (unpaired) electrons. The van der Waals surface area contributed by atoms with Gasteiger partial charge in [0, 0.05) is 29.2 Å². The van der Waals surface area contributed by atoms with Gasteiger partial charge in [-0.05, 0) is 79.4 Å². The Balaban J connectivity index is 1.41. The standard InChI is InChI=1S/C24H27IN4O/c1-16-6-3-7-17-8-4-10-21(22(16)17)29-13-11-19-20(14-29)26-24(27-23(19)25)30-15-18-9-5-12-28(18)2/h3-4,6-8,10,18H,5,9,11-15H2,1-2H3/t18-/m0/s1. The number of rotatable bonds is 4. The summed E-state index contributed by atoms with van der Waals surface area (Å²) in [6, 6.07) is 14.1. The van der Waals surface area contributed by atoms with Crippen LogP contribution in [-0.2, 0) is 13.0 Å². The topological polar surface area (TPSA) is 41.5 Å². The molecule has 1 saturated heterocycles. The molecule has 2 aromatic carbocycles. The molecule has 5 rings (SSSR count). The lowest BCUT2D eigenvalue weighted by molar-refractivity contribution is 0.187. The van der Waals surface area contributed by atoms with Gasteiger partial charge in [0.15, 0.2) is 0 Å². The molecule has 1 fully saturated rings. The molecule has 5 nitrogen and oxygen atoms in total. The van der Waals surface area contributed by atoms with Crippen molar-refractivity contribution in [3.63, 3.8) is 0 Å². The maximum Gasteiger partial charge on any atom is 0.317 e. The first-order valence-corrected chi connectivity index (χ1v) is 11.8. The van der Waals surface area contributed by atoms with Crippen LogP contribution >= 0.6 is 22.6 Å². The van der Waals surface area contributed by atoms with E-state index in [0.717, 1.165) is 35.4 Å². The number of anilines is 1. The molecule has 0 unspecified atom stereocenters. The number of fused-ring (bicyclic) bond motifs is 2. The summed E-state index contributed by atoms with van der Waals surface area (Å²) in [5.41, 5.74) is 4.98. The third-order valence-corrected chi connectivity index (χ3v) is 7.39. The number of likely N-dealkylation sites (N-methyl/N-ethyl adjacent to an activating group) is 1. The molecule has 1 atom stereocenters. The second-order valence-corrected chi connectivity index (χ2v) is 9.45. The molecule has 3 aromatic rings. The molecule has 6 heteroatoms. The van der Waals surface area contributed by atoms with E-state index < -0.39 is 0 Å². The summed E-state index contributed by atoms with van der Waals surface area (Å²) >= 11 is 2.34. The molecule has 0 N–H and O–H groups in total. The molecule has 30 heavy (non-hydrogen) atoms. The molecule has 0 saturated carbocycles. The number of benzene rings is 2. The second kappa shape index (κ2) is 8.30. The van der Waals surface area contributed by atoms with Crippen LogP contribution in [0, 0.1) is 10.6 Å². The lowest BCUT2D eigenvalue weighted by atomic mass is 10.0. The number of aromatic nitrogens is 2. The highest BCUT2D eigenvalue weighted by Gasteiger charge is 2.25. The minimum Gasteiger partial charge on any atom is -0.462 e. The van der Waals surface area contributed by atoms with Crippen LogP contribution in [0.5, 0.6) is 6.01 Å². The average molecular weight is 514 g/mol. The van der Waals surface area contributed by atoms with Crippen molar-refractivity contribution in [3.05, 3.63) is 56.9 Å². The quantitative estimate of drug-likeness (QED) is 0.377. The van der Waals surface area contributed by atoms with Gasteiger partial charge in [-0.1, -0.05) is 30.3 Å². The molecular formula is C24H27IN4O. The van der Waals surface area contributed by atoms with Crippen molar-refractivity contribution in [1.29, 1.82) is 0 Å². The first-order chi connectivity index (χ1) is 14.6. The SMILES string of the molecule is Cc1cccc2cccc(N3CCc4c(I)nc(OC[C@@H]5CCCN5C)nc4C3)c12. The lowest BCUT2D eigenvalue weighted by Crippen LogP contribution is -2.33. The summed E-state index contributed by atoms with van der Waals surface area (Å²) < 4.78 is 7.08.